The molecule has 1 aromatic heterocycles. The molecule has 0 N–H and O–H groups in total. The van der Waals surface area contributed by atoms with Crippen molar-refractivity contribution in [3.05, 3.63) is 106 Å². The molecule has 3 aromatic carbocycles. The van der Waals surface area contributed by atoms with Crippen LogP contribution in [-0.2, 0) is 16.8 Å². The van der Waals surface area contributed by atoms with E-state index >= 15 is 0 Å². The molecule has 1 unspecified atom stereocenters. The lowest BCUT2D eigenvalue weighted by atomic mass is 9.91. The molecule has 8 heteroatoms. The molecule has 0 radical (unpaired) electrons. The van der Waals surface area contributed by atoms with Crippen molar-refractivity contribution in [1.82, 2.24) is 14.8 Å². The van der Waals surface area contributed by atoms with Crippen molar-refractivity contribution in [1.29, 1.82) is 0 Å². The summed E-state index contributed by atoms with van der Waals surface area (Å²) in [6, 6.07) is 19.5. The summed E-state index contributed by atoms with van der Waals surface area (Å²) >= 11 is 12.7. The van der Waals surface area contributed by atoms with Gasteiger partial charge in [-0.1, -0.05) is 53.5 Å². The van der Waals surface area contributed by atoms with Crippen LogP contribution in [0.1, 0.15) is 11.1 Å². The van der Waals surface area contributed by atoms with Crippen molar-refractivity contribution in [2.75, 3.05) is 6.61 Å². The first kappa shape index (κ1) is 20.7. The highest BCUT2D eigenvalue weighted by Crippen LogP contribution is 2.39. The summed E-state index contributed by atoms with van der Waals surface area (Å²) in [5.41, 5.74) is 2.54. The van der Waals surface area contributed by atoms with Gasteiger partial charge in [0.05, 0.1) is 6.54 Å². The first-order valence-corrected chi connectivity index (χ1v) is 10.6. The van der Waals surface area contributed by atoms with Gasteiger partial charge in [0.1, 0.15) is 30.6 Å². The predicted molar refractivity (Wildman–Crippen MR) is 122 cm³/mol. The molecule has 4 aromatic rings. The van der Waals surface area contributed by atoms with Gasteiger partial charge in [0, 0.05) is 21.2 Å². The Bertz CT molecular complexity index is 1290. The van der Waals surface area contributed by atoms with E-state index in [1.54, 1.807) is 29.2 Å². The number of nitrogens with zero attached hydrogens (tertiary/aromatic N) is 4. The van der Waals surface area contributed by atoms with Crippen molar-refractivity contribution in [2.45, 2.75) is 12.1 Å². The SMILES string of the molecule is Fc1cccc(-c2ccc(C3=NC(Cn4cncn4)(c4ccc(Cl)cc4Cl)CO3)cc2)c1. The zero-order valence-corrected chi connectivity index (χ0v) is 18.3. The first-order valence-electron chi connectivity index (χ1n) is 9.89. The second-order valence-corrected chi connectivity index (χ2v) is 8.39. The molecule has 160 valence electrons. The largest absolute Gasteiger partial charge is 0.474 e. The molecule has 0 bridgehead atoms. The molecule has 1 atom stereocenters. The maximum Gasteiger partial charge on any atom is 0.217 e. The first-order chi connectivity index (χ1) is 15.5. The molecule has 1 aliphatic heterocycles. The van der Waals surface area contributed by atoms with Crippen LogP contribution in [0, 0.1) is 5.82 Å². The quantitative estimate of drug-likeness (QED) is 0.375. The summed E-state index contributed by atoms with van der Waals surface area (Å²) in [6.45, 7) is 0.689. The molecule has 5 nitrogen and oxygen atoms in total. The van der Waals surface area contributed by atoms with E-state index in [4.69, 9.17) is 32.9 Å². The molecule has 0 fully saturated rings. The van der Waals surface area contributed by atoms with Crippen LogP contribution in [0.15, 0.2) is 84.4 Å². The summed E-state index contributed by atoms with van der Waals surface area (Å²) in [5.74, 6) is 0.231. The lowest BCUT2D eigenvalue weighted by Crippen LogP contribution is -2.32. The summed E-state index contributed by atoms with van der Waals surface area (Å²) < 4.78 is 21.3. The molecule has 0 saturated carbocycles. The standard InChI is InChI=1S/C24H17Cl2FN4O/c25-19-8-9-21(22(26)11-19)24(12-31-15-28-14-29-31)13-32-23(30-24)17-6-4-16(5-7-17)18-2-1-3-20(27)10-18/h1-11,14-15H,12-13H2. The van der Waals surface area contributed by atoms with E-state index in [-0.39, 0.29) is 12.4 Å². The lowest BCUT2D eigenvalue weighted by molar-refractivity contribution is 0.230. The van der Waals surface area contributed by atoms with E-state index in [2.05, 4.69) is 10.1 Å². The van der Waals surface area contributed by atoms with Crippen LogP contribution in [0.5, 0.6) is 0 Å². The topological polar surface area (TPSA) is 52.3 Å². The average molecular weight is 467 g/mol. The van der Waals surface area contributed by atoms with E-state index < -0.39 is 5.54 Å². The Balaban J connectivity index is 1.52. The van der Waals surface area contributed by atoms with Crippen LogP contribution in [0.2, 0.25) is 10.0 Å². The van der Waals surface area contributed by atoms with Gasteiger partial charge in [-0.25, -0.2) is 14.4 Å². The van der Waals surface area contributed by atoms with Crippen molar-refractivity contribution < 1.29 is 9.13 Å². The van der Waals surface area contributed by atoms with E-state index in [0.717, 1.165) is 22.3 Å². The number of hydrogen-bond acceptors (Lipinski definition) is 4. The van der Waals surface area contributed by atoms with Crippen LogP contribution in [0.4, 0.5) is 4.39 Å². The van der Waals surface area contributed by atoms with Crippen LogP contribution in [0.3, 0.4) is 0 Å². The normalized spacial score (nSPS) is 17.8. The fraction of sp³-hybridized carbons (Fsp3) is 0.125. The van der Waals surface area contributed by atoms with Crippen molar-refractivity contribution in [2.24, 2.45) is 4.99 Å². The van der Waals surface area contributed by atoms with Gasteiger partial charge in [-0.05, 0) is 47.5 Å². The number of hydrogen-bond donors (Lipinski definition) is 0. The predicted octanol–water partition coefficient (Wildman–Crippen LogP) is 5.76. The summed E-state index contributed by atoms with van der Waals surface area (Å²) in [6.07, 6.45) is 3.11. The van der Waals surface area contributed by atoms with E-state index in [1.165, 1.54) is 18.5 Å². The number of aliphatic imine (C=N–C) groups is 1. The Morgan fingerprint density at radius 1 is 0.969 bits per heavy atom. The number of benzene rings is 3. The molecule has 32 heavy (non-hydrogen) atoms. The molecule has 0 spiro atoms. The number of halogens is 3. The Morgan fingerprint density at radius 2 is 1.78 bits per heavy atom. The van der Waals surface area contributed by atoms with Gasteiger partial charge < -0.3 is 4.74 Å². The van der Waals surface area contributed by atoms with Crippen LogP contribution in [0.25, 0.3) is 11.1 Å². The number of rotatable bonds is 5. The molecule has 0 aliphatic carbocycles. The second kappa shape index (κ2) is 8.37. The fourth-order valence-corrected chi connectivity index (χ4v) is 4.41. The van der Waals surface area contributed by atoms with Crippen LogP contribution >= 0.6 is 23.2 Å². The second-order valence-electron chi connectivity index (χ2n) is 7.54. The van der Waals surface area contributed by atoms with Crippen LogP contribution in [-0.4, -0.2) is 27.3 Å². The summed E-state index contributed by atoms with van der Waals surface area (Å²) in [7, 11) is 0. The fourth-order valence-electron chi connectivity index (χ4n) is 3.82. The van der Waals surface area contributed by atoms with Gasteiger partial charge in [0.2, 0.25) is 5.90 Å². The van der Waals surface area contributed by atoms with Gasteiger partial charge in [-0.3, -0.25) is 4.68 Å². The molecule has 1 aliphatic rings. The van der Waals surface area contributed by atoms with Gasteiger partial charge in [0.15, 0.2) is 0 Å². The monoisotopic (exact) mass is 466 g/mol. The minimum atomic E-state index is -0.786. The maximum atomic E-state index is 13.6. The minimum absolute atomic E-state index is 0.271. The number of aromatic nitrogens is 3. The molecule has 0 amide bonds. The summed E-state index contributed by atoms with van der Waals surface area (Å²) in [4.78, 5) is 8.99. The van der Waals surface area contributed by atoms with Gasteiger partial charge in [-0.15, -0.1) is 0 Å². The van der Waals surface area contributed by atoms with Crippen molar-refractivity contribution in [3.63, 3.8) is 0 Å². The van der Waals surface area contributed by atoms with Gasteiger partial charge in [-0.2, -0.15) is 5.10 Å². The number of ether oxygens (including phenoxy) is 1. The minimum Gasteiger partial charge on any atom is -0.474 e. The lowest BCUT2D eigenvalue weighted by Gasteiger charge is -2.25. The van der Waals surface area contributed by atoms with Gasteiger partial charge >= 0.3 is 0 Å². The van der Waals surface area contributed by atoms with Crippen molar-refractivity contribution >= 4 is 29.1 Å². The highest BCUT2D eigenvalue weighted by atomic mass is 35.5. The molecule has 2 heterocycles. The highest BCUT2D eigenvalue weighted by molar-refractivity contribution is 6.35. The Kier molecular flexibility index (Phi) is 5.41. The molecule has 5 rings (SSSR count). The van der Waals surface area contributed by atoms with E-state index in [9.17, 15) is 4.39 Å². The third kappa shape index (κ3) is 3.99. The van der Waals surface area contributed by atoms with Crippen molar-refractivity contribution in [3.8, 4) is 11.1 Å². The zero-order chi connectivity index (χ0) is 22.1. The smallest absolute Gasteiger partial charge is 0.217 e. The third-order valence-corrected chi connectivity index (χ3v) is 5.92. The highest BCUT2D eigenvalue weighted by Gasteiger charge is 2.41. The zero-order valence-electron chi connectivity index (χ0n) is 16.8. The molecular formula is C24H17Cl2FN4O. The Hall–Kier alpha value is -3.22. The summed E-state index contributed by atoms with van der Waals surface area (Å²) in [5, 5.41) is 5.28. The third-order valence-electron chi connectivity index (χ3n) is 5.38. The average Bonchev–Trinajstić information content (AvgIpc) is 3.45. The van der Waals surface area contributed by atoms with E-state index in [1.807, 2.05) is 36.4 Å². The Labute approximate surface area is 194 Å². The maximum absolute atomic E-state index is 13.6. The van der Waals surface area contributed by atoms with E-state index in [0.29, 0.717) is 22.5 Å². The molecule has 0 saturated heterocycles. The Morgan fingerprint density at radius 3 is 2.50 bits per heavy atom. The van der Waals surface area contributed by atoms with Gasteiger partial charge in [0.25, 0.3) is 0 Å². The molecular weight excluding hydrogens is 450 g/mol. The van der Waals surface area contributed by atoms with Crippen LogP contribution < -0.4 is 0 Å².